The quantitative estimate of drug-likeness (QED) is 0.596. The molecule has 0 rings (SSSR count). The van der Waals surface area contributed by atoms with Gasteiger partial charge in [-0.25, -0.2) is 0 Å². The third-order valence-corrected chi connectivity index (χ3v) is 2.06. The van der Waals surface area contributed by atoms with Gasteiger partial charge >= 0.3 is 0 Å². The van der Waals surface area contributed by atoms with E-state index in [1.54, 1.807) is 11.8 Å². The number of allylic oxidation sites excluding steroid dienone is 3. The first-order valence-corrected chi connectivity index (χ1v) is 5.63. The Bertz CT molecular complexity index is 123. The lowest BCUT2D eigenvalue weighted by molar-refractivity contribution is 0.955. The summed E-state index contributed by atoms with van der Waals surface area (Å²) in [4.78, 5) is 1.40. The van der Waals surface area contributed by atoms with Crippen LogP contribution in [0.25, 0.3) is 0 Å². The lowest BCUT2D eigenvalue weighted by Crippen LogP contribution is -1.65. The Morgan fingerprint density at radius 3 is 2.33 bits per heavy atom. The first kappa shape index (κ1) is 14.4. The minimum atomic E-state index is 1.20. The summed E-state index contributed by atoms with van der Waals surface area (Å²) in [5.74, 6) is 0. The second-order valence-electron chi connectivity index (χ2n) is 2.19. The molecule has 0 nitrogen and oxygen atoms in total. The molecule has 0 heterocycles. The Kier molecular flexibility index (Phi) is 16.1. The minimum Gasteiger partial charge on any atom is -0.104 e. The van der Waals surface area contributed by atoms with Crippen molar-refractivity contribution in [2.24, 2.45) is 0 Å². The standard InChI is InChI=1S/C9H16S.C2H6/c1-4-6-7-9(3)10-8-5-2;1-2/h5,7-8H,4,6H2,1-3H3;1-2H3/b8-5-,9-7-;. The van der Waals surface area contributed by atoms with Crippen molar-refractivity contribution >= 4 is 11.8 Å². The molecule has 1 heteroatoms. The molecule has 0 unspecified atom stereocenters. The summed E-state index contributed by atoms with van der Waals surface area (Å²) in [6.45, 7) is 10.4. The van der Waals surface area contributed by atoms with Crippen molar-refractivity contribution < 1.29 is 0 Å². The summed E-state index contributed by atoms with van der Waals surface area (Å²) in [5.41, 5.74) is 0. The van der Waals surface area contributed by atoms with Crippen LogP contribution in [-0.4, -0.2) is 0 Å². The average molecular weight is 186 g/mol. The summed E-state index contributed by atoms with van der Waals surface area (Å²) < 4.78 is 0. The van der Waals surface area contributed by atoms with Crippen LogP contribution < -0.4 is 0 Å². The van der Waals surface area contributed by atoms with E-state index in [0.29, 0.717) is 0 Å². The molecule has 0 amide bonds. The minimum absolute atomic E-state index is 1.20. The molecule has 0 N–H and O–H groups in total. The summed E-state index contributed by atoms with van der Waals surface area (Å²) in [7, 11) is 0. The fraction of sp³-hybridized carbons (Fsp3) is 0.636. The number of hydrogen-bond donors (Lipinski definition) is 0. The maximum atomic E-state index is 2.28. The zero-order valence-corrected chi connectivity index (χ0v) is 9.87. The highest BCUT2D eigenvalue weighted by Gasteiger charge is 1.83. The van der Waals surface area contributed by atoms with Gasteiger partial charge in [-0.05, 0) is 30.6 Å². The van der Waals surface area contributed by atoms with Crippen LogP contribution in [-0.2, 0) is 0 Å². The topological polar surface area (TPSA) is 0 Å². The van der Waals surface area contributed by atoms with Gasteiger partial charge in [-0.3, -0.25) is 0 Å². The SMILES string of the molecule is C/C=C\S/C(C)=C\CCC.CC. The van der Waals surface area contributed by atoms with Gasteiger partial charge in [0.15, 0.2) is 0 Å². The first-order valence-electron chi connectivity index (χ1n) is 4.75. The number of rotatable bonds is 4. The highest BCUT2D eigenvalue weighted by molar-refractivity contribution is 8.05. The zero-order valence-electron chi connectivity index (χ0n) is 9.05. The fourth-order valence-electron chi connectivity index (χ4n) is 0.571. The summed E-state index contributed by atoms with van der Waals surface area (Å²) in [6, 6.07) is 0. The molecule has 0 saturated carbocycles. The van der Waals surface area contributed by atoms with Crippen LogP contribution in [0.15, 0.2) is 22.5 Å². The van der Waals surface area contributed by atoms with Crippen molar-refractivity contribution in [1.82, 2.24) is 0 Å². The maximum absolute atomic E-state index is 2.28. The van der Waals surface area contributed by atoms with Crippen LogP contribution in [0.4, 0.5) is 0 Å². The molecule has 0 radical (unpaired) electrons. The largest absolute Gasteiger partial charge is 0.104 e. The lowest BCUT2D eigenvalue weighted by atomic mass is 10.3. The monoisotopic (exact) mass is 186 g/mol. The number of thioether (sulfide) groups is 1. The van der Waals surface area contributed by atoms with E-state index in [2.05, 4.69) is 31.4 Å². The smallest absolute Gasteiger partial charge is 0.0179 e. The van der Waals surface area contributed by atoms with Crippen LogP contribution in [0.1, 0.15) is 47.5 Å². The second kappa shape index (κ2) is 13.4. The van der Waals surface area contributed by atoms with Gasteiger partial charge in [-0.15, -0.1) is 11.8 Å². The third-order valence-electron chi connectivity index (χ3n) is 1.11. The van der Waals surface area contributed by atoms with Crippen molar-refractivity contribution in [3.63, 3.8) is 0 Å². The van der Waals surface area contributed by atoms with Gasteiger partial charge in [0.2, 0.25) is 0 Å². The van der Waals surface area contributed by atoms with Gasteiger partial charge in [0.1, 0.15) is 0 Å². The molecule has 0 aromatic heterocycles. The highest BCUT2D eigenvalue weighted by Crippen LogP contribution is 2.16. The van der Waals surface area contributed by atoms with Crippen molar-refractivity contribution in [3.05, 3.63) is 22.5 Å². The molecule has 0 saturated heterocycles. The van der Waals surface area contributed by atoms with Crippen LogP contribution in [0.5, 0.6) is 0 Å². The Morgan fingerprint density at radius 2 is 1.92 bits per heavy atom. The second-order valence-corrected chi connectivity index (χ2v) is 3.34. The molecule has 0 aliphatic heterocycles. The molecule has 72 valence electrons. The molecule has 0 aliphatic rings. The lowest BCUT2D eigenvalue weighted by Gasteiger charge is -1.92. The fourth-order valence-corrected chi connectivity index (χ4v) is 1.14. The highest BCUT2D eigenvalue weighted by atomic mass is 32.2. The molecule has 0 aromatic rings. The van der Waals surface area contributed by atoms with Gasteiger partial charge < -0.3 is 0 Å². The molecule has 12 heavy (non-hydrogen) atoms. The van der Waals surface area contributed by atoms with Gasteiger partial charge in [0.25, 0.3) is 0 Å². The van der Waals surface area contributed by atoms with Crippen LogP contribution >= 0.6 is 11.8 Å². The van der Waals surface area contributed by atoms with E-state index >= 15 is 0 Å². The van der Waals surface area contributed by atoms with Crippen LogP contribution in [0, 0.1) is 0 Å². The van der Waals surface area contributed by atoms with E-state index in [4.69, 9.17) is 0 Å². The van der Waals surface area contributed by atoms with E-state index < -0.39 is 0 Å². The third kappa shape index (κ3) is 12.5. The maximum Gasteiger partial charge on any atom is -0.0179 e. The van der Waals surface area contributed by atoms with Crippen molar-refractivity contribution in [3.8, 4) is 0 Å². The Balaban J connectivity index is 0. The predicted octanol–water partition coefficient (Wildman–Crippen LogP) is 4.98. The van der Waals surface area contributed by atoms with Crippen LogP contribution in [0.3, 0.4) is 0 Å². The van der Waals surface area contributed by atoms with Crippen molar-refractivity contribution in [1.29, 1.82) is 0 Å². The Morgan fingerprint density at radius 1 is 1.33 bits per heavy atom. The molecular formula is C11H22S. The first-order chi connectivity index (χ1) is 5.81. The van der Waals surface area contributed by atoms with Gasteiger partial charge in [0.05, 0.1) is 0 Å². The molecule has 0 bridgehead atoms. The van der Waals surface area contributed by atoms with Gasteiger partial charge in [-0.2, -0.15) is 0 Å². The van der Waals surface area contributed by atoms with Crippen molar-refractivity contribution in [2.75, 3.05) is 0 Å². The van der Waals surface area contributed by atoms with E-state index in [1.165, 1.54) is 17.7 Å². The molecule has 0 aromatic carbocycles. The van der Waals surface area contributed by atoms with E-state index in [1.807, 2.05) is 20.8 Å². The number of unbranched alkanes of at least 4 members (excludes halogenated alkanes) is 1. The number of hydrogen-bond acceptors (Lipinski definition) is 1. The van der Waals surface area contributed by atoms with Crippen LogP contribution in [0.2, 0.25) is 0 Å². The molecule has 0 spiro atoms. The van der Waals surface area contributed by atoms with E-state index in [0.717, 1.165) is 0 Å². The van der Waals surface area contributed by atoms with E-state index in [-0.39, 0.29) is 0 Å². The normalized spacial score (nSPS) is 11.2. The summed E-state index contributed by atoms with van der Waals surface area (Å²) >= 11 is 1.80. The summed E-state index contributed by atoms with van der Waals surface area (Å²) in [5, 5.41) is 2.11. The Hall–Kier alpha value is -0.170. The predicted molar refractivity (Wildman–Crippen MR) is 62.4 cm³/mol. The molecule has 0 atom stereocenters. The molecular weight excluding hydrogens is 164 g/mol. The molecule has 0 fully saturated rings. The Labute approximate surface area is 82.1 Å². The van der Waals surface area contributed by atoms with Crippen molar-refractivity contribution in [2.45, 2.75) is 47.5 Å². The van der Waals surface area contributed by atoms with E-state index in [9.17, 15) is 0 Å². The van der Waals surface area contributed by atoms with Gasteiger partial charge in [0, 0.05) is 0 Å². The summed E-state index contributed by atoms with van der Waals surface area (Å²) in [6.07, 6.45) is 6.79. The zero-order chi connectivity index (χ0) is 9.82. The van der Waals surface area contributed by atoms with Gasteiger partial charge in [-0.1, -0.05) is 39.3 Å². The molecule has 0 aliphatic carbocycles. The average Bonchev–Trinajstić information content (AvgIpc) is 2.14.